The summed E-state index contributed by atoms with van der Waals surface area (Å²) >= 11 is 0. The Hall–Kier alpha value is -0.670. The summed E-state index contributed by atoms with van der Waals surface area (Å²) < 4.78 is 12.6. The third kappa shape index (κ3) is 2.63. The van der Waals surface area contributed by atoms with E-state index in [0.717, 1.165) is 4.90 Å². The SMILES string of the molecule is Cc1cc2c(cc1C)S(=O)C(C)C(C)C2NC(C)C. The largest absolute Gasteiger partial charge is 0.307 e. The second-order valence-corrected chi connectivity index (χ2v) is 7.91. The van der Waals surface area contributed by atoms with Gasteiger partial charge in [-0.2, -0.15) is 0 Å². The van der Waals surface area contributed by atoms with Gasteiger partial charge in [0.15, 0.2) is 0 Å². The molecule has 1 aromatic carbocycles. The molecule has 1 aliphatic heterocycles. The van der Waals surface area contributed by atoms with Crippen molar-refractivity contribution in [2.45, 2.75) is 63.8 Å². The van der Waals surface area contributed by atoms with Gasteiger partial charge in [0.05, 0.1) is 10.8 Å². The van der Waals surface area contributed by atoms with Crippen LogP contribution in [0.3, 0.4) is 0 Å². The Kier molecular flexibility index (Phi) is 4.17. The van der Waals surface area contributed by atoms with Crippen LogP contribution < -0.4 is 5.32 Å². The van der Waals surface area contributed by atoms with Crippen molar-refractivity contribution in [1.29, 1.82) is 0 Å². The standard InChI is InChI=1S/C16H25NOS/c1-9(2)17-16-12(5)13(6)19(18)15-8-11(4)10(3)7-14(15)16/h7-9,12-13,16-17H,1-6H3. The Morgan fingerprint density at radius 2 is 1.74 bits per heavy atom. The number of hydrogen-bond donors (Lipinski definition) is 1. The summed E-state index contributed by atoms with van der Waals surface area (Å²) in [5.41, 5.74) is 3.76. The third-order valence-corrected chi connectivity index (χ3v) is 6.19. The summed E-state index contributed by atoms with van der Waals surface area (Å²) in [6, 6.07) is 5.09. The second-order valence-electron chi connectivity index (χ2n) is 6.13. The van der Waals surface area contributed by atoms with Crippen molar-refractivity contribution < 1.29 is 4.21 Å². The number of rotatable bonds is 2. The molecule has 0 aliphatic carbocycles. The lowest BCUT2D eigenvalue weighted by Gasteiger charge is -2.37. The highest BCUT2D eigenvalue weighted by molar-refractivity contribution is 7.85. The average molecular weight is 279 g/mol. The van der Waals surface area contributed by atoms with Crippen LogP contribution in [0.15, 0.2) is 17.0 Å². The van der Waals surface area contributed by atoms with Gasteiger partial charge in [0, 0.05) is 22.2 Å². The number of benzene rings is 1. The lowest BCUT2D eigenvalue weighted by atomic mass is 9.89. The molecule has 0 radical (unpaired) electrons. The summed E-state index contributed by atoms with van der Waals surface area (Å²) in [6.07, 6.45) is 0. The lowest BCUT2D eigenvalue weighted by Crippen LogP contribution is -2.41. The Labute approximate surface area is 119 Å². The summed E-state index contributed by atoms with van der Waals surface area (Å²) in [5.74, 6) is 0.387. The van der Waals surface area contributed by atoms with Crippen molar-refractivity contribution in [1.82, 2.24) is 5.32 Å². The number of nitrogens with one attached hydrogen (secondary N) is 1. The summed E-state index contributed by atoms with van der Waals surface area (Å²) in [7, 11) is -0.884. The van der Waals surface area contributed by atoms with Crippen LogP contribution in [0.5, 0.6) is 0 Å². The molecule has 2 nitrogen and oxygen atoms in total. The second kappa shape index (κ2) is 5.37. The highest BCUT2D eigenvalue weighted by Gasteiger charge is 2.36. The van der Waals surface area contributed by atoms with E-state index in [-0.39, 0.29) is 5.25 Å². The van der Waals surface area contributed by atoms with Crippen LogP contribution in [0.2, 0.25) is 0 Å². The quantitative estimate of drug-likeness (QED) is 0.898. The fourth-order valence-electron chi connectivity index (χ4n) is 2.78. The average Bonchev–Trinajstić information content (AvgIpc) is 2.34. The molecule has 1 N–H and O–H groups in total. The van der Waals surface area contributed by atoms with Gasteiger partial charge in [-0.25, -0.2) is 0 Å². The van der Waals surface area contributed by atoms with Crippen LogP contribution in [-0.4, -0.2) is 15.5 Å². The molecule has 19 heavy (non-hydrogen) atoms. The first-order valence-corrected chi connectivity index (χ1v) is 8.32. The van der Waals surface area contributed by atoms with Crippen LogP contribution in [0, 0.1) is 19.8 Å². The van der Waals surface area contributed by atoms with Gasteiger partial charge in [0.2, 0.25) is 0 Å². The lowest BCUT2D eigenvalue weighted by molar-refractivity contribution is 0.343. The minimum atomic E-state index is -0.884. The molecule has 0 fully saturated rings. The van der Waals surface area contributed by atoms with E-state index in [1.54, 1.807) is 0 Å². The van der Waals surface area contributed by atoms with Gasteiger partial charge in [-0.3, -0.25) is 4.21 Å². The summed E-state index contributed by atoms with van der Waals surface area (Å²) in [6.45, 7) is 12.9. The molecule has 1 aromatic rings. The minimum absolute atomic E-state index is 0.200. The minimum Gasteiger partial charge on any atom is -0.307 e. The maximum atomic E-state index is 12.6. The third-order valence-electron chi connectivity index (χ3n) is 4.29. The van der Waals surface area contributed by atoms with Gasteiger partial charge in [-0.15, -0.1) is 0 Å². The Morgan fingerprint density at radius 3 is 2.32 bits per heavy atom. The van der Waals surface area contributed by atoms with E-state index in [0.29, 0.717) is 18.0 Å². The van der Waals surface area contributed by atoms with Crippen molar-refractivity contribution in [3.63, 3.8) is 0 Å². The van der Waals surface area contributed by atoms with Gasteiger partial charge in [0.1, 0.15) is 0 Å². The van der Waals surface area contributed by atoms with E-state index in [4.69, 9.17) is 0 Å². The first-order valence-electron chi connectivity index (χ1n) is 7.10. The van der Waals surface area contributed by atoms with E-state index in [1.165, 1.54) is 16.7 Å². The molecule has 0 saturated heterocycles. The Balaban J connectivity index is 2.56. The fraction of sp³-hybridized carbons (Fsp3) is 0.625. The normalized spacial score (nSPS) is 30.5. The molecule has 0 amide bonds. The zero-order valence-corrected chi connectivity index (χ0v) is 13.6. The van der Waals surface area contributed by atoms with Crippen LogP contribution >= 0.6 is 0 Å². The molecule has 3 heteroatoms. The fourth-order valence-corrected chi connectivity index (χ4v) is 4.44. The van der Waals surface area contributed by atoms with Gasteiger partial charge in [0.25, 0.3) is 0 Å². The van der Waals surface area contributed by atoms with Gasteiger partial charge < -0.3 is 5.32 Å². The number of hydrogen-bond acceptors (Lipinski definition) is 2. The first-order chi connectivity index (χ1) is 8.82. The molecule has 106 valence electrons. The van der Waals surface area contributed by atoms with Crippen molar-refractivity contribution >= 4 is 10.8 Å². The van der Waals surface area contributed by atoms with Crippen LogP contribution in [0.4, 0.5) is 0 Å². The monoisotopic (exact) mass is 279 g/mol. The highest BCUT2D eigenvalue weighted by atomic mass is 32.2. The van der Waals surface area contributed by atoms with Crippen LogP contribution in [0.25, 0.3) is 0 Å². The number of aryl methyl sites for hydroxylation is 2. The predicted molar refractivity (Wildman–Crippen MR) is 82.0 cm³/mol. The van der Waals surface area contributed by atoms with Crippen molar-refractivity contribution in [2.75, 3.05) is 0 Å². The Bertz CT molecular complexity index is 510. The smallest absolute Gasteiger partial charge is 0.0564 e. The van der Waals surface area contributed by atoms with E-state index in [1.807, 2.05) is 0 Å². The van der Waals surface area contributed by atoms with Crippen LogP contribution in [-0.2, 0) is 10.8 Å². The Morgan fingerprint density at radius 1 is 1.16 bits per heavy atom. The molecular formula is C16H25NOS. The molecular weight excluding hydrogens is 254 g/mol. The van der Waals surface area contributed by atoms with Crippen molar-refractivity contribution in [3.8, 4) is 0 Å². The molecule has 4 atom stereocenters. The molecule has 1 aliphatic rings. The van der Waals surface area contributed by atoms with Crippen molar-refractivity contribution in [3.05, 3.63) is 28.8 Å². The van der Waals surface area contributed by atoms with E-state index >= 15 is 0 Å². The molecule has 0 aromatic heterocycles. The molecule has 0 spiro atoms. The zero-order chi connectivity index (χ0) is 14.3. The molecule has 2 rings (SSSR count). The maximum Gasteiger partial charge on any atom is 0.0564 e. The van der Waals surface area contributed by atoms with Crippen LogP contribution in [0.1, 0.15) is 50.4 Å². The van der Waals surface area contributed by atoms with E-state index in [9.17, 15) is 4.21 Å². The molecule has 0 saturated carbocycles. The summed E-state index contributed by atoms with van der Waals surface area (Å²) in [5, 5.41) is 3.85. The summed E-state index contributed by atoms with van der Waals surface area (Å²) in [4.78, 5) is 1.03. The van der Waals surface area contributed by atoms with Crippen molar-refractivity contribution in [2.24, 2.45) is 5.92 Å². The number of fused-ring (bicyclic) bond motifs is 1. The topological polar surface area (TPSA) is 29.1 Å². The molecule has 4 unspecified atom stereocenters. The first kappa shape index (κ1) is 14.7. The molecule has 0 bridgehead atoms. The maximum absolute atomic E-state index is 12.6. The van der Waals surface area contributed by atoms with Gasteiger partial charge in [-0.1, -0.05) is 33.8 Å². The van der Waals surface area contributed by atoms with Gasteiger partial charge >= 0.3 is 0 Å². The zero-order valence-electron chi connectivity index (χ0n) is 12.8. The predicted octanol–water partition coefficient (Wildman–Crippen LogP) is 3.49. The molecule has 1 heterocycles. The highest BCUT2D eigenvalue weighted by Crippen LogP contribution is 2.39. The van der Waals surface area contributed by atoms with E-state index in [2.05, 4.69) is 59.0 Å². The van der Waals surface area contributed by atoms with Gasteiger partial charge in [-0.05, 0) is 42.5 Å². The van der Waals surface area contributed by atoms with E-state index < -0.39 is 10.8 Å².